The van der Waals surface area contributed by atoms with Gasteiger partial charge < -0.3 is 5.73 Å². The van der Waals surface area contributed by atoms with Crippen LogP contribution in [-0.4, -0.2) is 19.6 Å². The summed E-state index contributed by atoms with van der Waals surface area (Å²) in [5.41, 5.74) is 10.2. The predicted octanol–water partition coefficient (Wildman–Crippen LogP) is 4.16. The van der Waals surface area contributed by atoms with Gasteiger partial charge in [-0.3, -0.25) is 5.41 Å². The summed E-state index contributed by atoms with van der Waals surface area (Å²) in [6.07, 6.45) is 15.9. The molecule has 0 radical (unpaired) electrons. The van der Waals surface area contributed by atoms with Gasteiger partial charge >= 0.3 is 0 Å². The van der Waals surface area contributed by atoms with Crippen LogP contribution in [0.25, 0.3) is 22.2 Å². The number of aromatic nitrogens is 4. The fraction of sp³-hybridized carbons (Fsp3) is 0.208. The van der Waals surface area contributed by atoms with Crippen molar-refractivity contribution in [3.05, 3.63) is 72.1 Å². The zero-order valence-electron chi connectivity index (χ0n) is 17.8. The highest BCUT2D eigenvalue weighted by Crippen LogP contribution is 2.28. The maximum Gasteiger partial charge on any atom is 0.156 e. The lowest BCUT2D eigenvalue weighted by molar-refractivity contribution is 0.591. The maximum atomic E-state index is 8.74. The highest BCUT2D eigenvalue weighted by Gasteiger charge is 2.17. The summed E-state index contributed by atoms with van der Waals surface area (Å²) in [5.74, 6) is 2.56. The monoisotopic (exact) mass is 398 g/mol. The fourth-order valence-corrected chi connectivity index (χ4v) is 3.15. The molecule has 0 saturated heterocycles. The first-order valence-electron chi connectivity index (χ1n) is 9.58. The van der Waals surface area contributed by atoms with Crippen LogP contribution in [0.1, 0.15) is 38.8 Å². The van der Waals surface area contributed by atoms with Crippen LogP contribution in [0.3, 0.4) is 0 Å². The highest BCUT2D eigenvalue weighted by molar-refractivity contribution is 5.92. The minimum atomic E-state index is -0.0513. The molecule has 1 aromatic carbocycles. The Morgan fingerprint density at radius 1 is 1.23 bits per heavy atom. The number of benzene rings is 1. The molecular weight excluding hydrogens is 372 g/mol. The zero-order valence-corrected chi connectivity index (χ0v) is 17.8. The number of rotatable bonds is 4. The van der Waals surface area contributed by atoms with Crippen LogP contribution in [0.5, 0.6) is 0 Å². The molecule has 152 valence electrons. The third-order valence-electron chi connectivity index (χ3n) is 4.89. The molecule has 0 atom stereocenters. The van der Waals surface area contributed by atoms with Gasteiger partial charge in [-0.05, 0) is 42.2 Å². The molecule has 0 saturated carbocycles. The second-order valence-electron chi connectivity index (χ2n) is 7.99. The van der Waals surface area contributed by atoms with Crippen molar-refractivity contribution in [2.45, 2.75) is 33.1 Å². The van der Waals surface area contributed by atoms with Crippen LogP contribution < -0.4 is 11.2 Å². The molecule has 0 amide bonds. The lowest BCUT2D eigenvalue weighted by Gasteiger charge is -2.21. The molecule has 0 bridgehead atoms. The molecular formula is C24H26N6. The number of terminal acetylenes is 1. The molecule has 6 heteroatoms. The molecule has 0 aliphatic rings. The summed E-state index contributed by atoms with van der Waals surface area (Å²) in [6, 6.07) is 3.98. The van der Waals surface area contributed by atoms with E-state index in [-0.39, 0.29) is 10.9 Å². The van der Waals surface area contributed by atoms with Gasteiger partial charge in [0.05, 0.1) is 34.7 Å². The number of nitrogens with two attached hydrogens (primary N) is 1. The van der Waals surface area contributed by atoms with E-state index in [0.717, 1.165) is 16.6 Å². The van der Waals surface area contributed by atoms with Crippen molar-refractivity contribution in [2.24, 2.45) is 0 Å². The second-order valence-corrected chi connectivity index (χ2v) is 7.99. The Kier molecular flexibility index (Phi) is 5.48. The average Bonchev–Trinajstić information content (AvgIpc) is 3.18. The van der Waals surface area contributed by atoms with Gasteiger partial charge in [0.1, 0.15) is 0 Å². The zero-order chi connectivity index (χ0) is 22.1. The lowest BCUT2D eigenvalue weighted by Crippen LogP contribution is -2.23. The van der Waals surface area contributed by atoms with Crippen molar-refractivity contribution in [3.8, 4) is 12.3 Å². The van der Waals surface area contributed by atoms with Crippen molar-refractivity contribution in [2.75, 3.05) is 5.73 Å². The molecule has 0 spiro atoms. The topological polar surface area (TPSA) is 85.5 Å². The minimum Gasteiger partial charge on any atom is -0.398 e. The third kappa shape index (κ3) is 3.83. The van der Waals surface area contributed by atoms with Crippen LogP contribution in [0, 0.1) is 17.8 Å². The van der Waals surface area contributed by atoms with Crippen LogP contribution in [0.15, 0.2) is 55.5 Å². The number of allylic oxidation sites excluding steroid dienone is 5. The van der Waals surface area contributed by atoms with E-state index in [1.807, 2.05) is 31.2 Å². The highest BCUT2D eigenvalue weighted by atomic mass is 15.3. The number of fused-ring (bicyclic) bond motifs is 1. The van der Waals surface area contributed by atoms with Gasteiger partial charge in [-0.2, -0.15) is 10.2 Å². The van der Waals surface area contributed by atoms with E-state index < -0.39 is 0 Å². The molecule has 0 aliphatic carbocycles. The first-order chi connectivity index (χ1) is 14.2. The SMILES string of the molecule is C#Cc1cnn(C(=CC)C=C(C=C)n2ncc3cc(C(C)(C)C)cc(N)c3c2=N)c1. The summed E-state index contributed by atoms with van der Waals surface area (Å²) >= 11 is 0. The summed E-state index contributed by atoms with van der Waals surface area (Å²) in [4.78, 5) is 0. The summed E-state index contributed by atoms with van der Waals surface area (Å²) < 4.78 is 3.19. The molecule has 6 nitrogen and oxygen atoms in total. The van der Waals surface area contributed by atoms with Crippen molar-refractivity contribution in [1.82, 2.24) is 19.6 Å². The molecule has 30 heavy (non-hydrogen) atoms. The Morgan fingerprint density at radius 3 is 2.53 bits per heavy atom. The van der Waals surface area contributed by atoms with Gasteiger partial charge in [0.25, 0.3) is 0 Å². The normalized spacial score (nSPS) is 12.8. The molecule has 2 aromatic heterocycles. The molecule has 3 aromatic rings. The summed E-state index contributed by atoms with van der Waals surface area (Å²) in [5, 5.41) is 19.0. The third-order valence-corrected chi connectivity index (χ3v) is 4.89. The molecule has 0 fully saturated rings. The molecule has 3 N–H and O–H groups in total. The Morgan fingerprint density at radius 2 is 1.97 bits per heavy atom. The first kappa shape index (κ1) is 20.9. The van der Waals surface area contributed by atoms with Gasteiger partial charge in [-0.15, -0.1) is 6.42 Å². The van der Waals surface area contributed by atoms with Gasteiger partial charge in [0.2, 0.25) is 0 Å². The van der Waals surface area contributed by atoms with E-state index in [2.05, 4.69) is 43.5 Å². The van der Waals surface area contributed by atoms with Gasteiger partial charge in [-0.1, -0.05) is 39.3 Å². The van der Waals surface area contributed by atoms with Crippen LogP contribution in [0.2, 0.25) is 0 Å². The van der Waals surface area contributed by atoms with E-state index in [9.17, 15) is 0 Å². The number of hydrogen-bond donors (Lipinski definition) is 2. The number of anilines is 1. The van der Waals surface area contributed by atoms with Gasteiger partial charge in [0, 0.05) is 17.3 Å². The van der Waals surface area contributed by atoms with Gasteiger partial charge in [0.15, 0.2) is 5.49 Å². The smallest absolute Gasteiger partial charge is 0.156 e. The first-order valence-corrected chi connectivity index (χ1v) is 9.58. The van der Waals surface area contributed by atoms with Crippen molar-refractivity contribution in [1.29, 1.82) is 5.41 Å². The lowest BCUT2D eigenvalue weighted by atomic mass is 9.85. The van der Waals surface area contributed by atoms with Crippen LogP contribution in [-0.2, 0) is 5.41 Å². The second kappa shape index (κ2) is 7.88. The predicted molar refractivity (Wildman–Crippen MR) is 123 cm³/mol. The number of hydrogen-bond acceptors (Lipinski definition) is 4. The Labute approximate surface area is 176 Å². The molecule has 0 unspecified atom stereocenters. The van der Waals surface area contributed by atoms with Crippen LogP contribution in [0.4, 0.5) is 5.69 Å². The van der Waals surface area contributed by atoms with Crippen LogP contribution >= 0.6 is 0 Å². The molecule has 3 rings (SSSR count). The van der Waals surface area contributed by atoms with Gasteiger partial charge in [-0.25, -0.2) is 9.36 Å². The minimum absolute atomic E-state index is 0.0513. The largest absolute Gasteiger partial charge is 0.398 e. The Hall–Kier alpha value is -3.85. The molecule has 2 heterocycles. The van der Waals surface area contributed by atoms with E-state index in [0.29, 0.717) is 22.3 Å². The standard InChI is InChI=1S/C24H26N6/c1-7-16-13-27-29(15-16)19(8-2)12-20(9-3)30-23(26)22-17(14-28-30)10-18(11-21(22)25)24(4,5)6/h1,8-15,26H,3,25H2,2,4-6H3. The Bertz CT molecular complexity index is 1290. The van der Waals surface area contributed by atoms with E-state index in [1.165, 1.54) is 4.68 Å². The summed E-state index contributed by atoms with van der Waals surface area (Å²) in [7, 11) is 0. The maximum absolute atomic E-state index is 8.74. The quantitative estimate of drug-likeness (QED) is 0.393. The number of nitrogens with zero attached hydrogens (tertiary/aromatic N) is 4. The van der Waals surface area contributed by atoms with E-state index in [1.54, 1.807) is 29.3 Å². The van der Waals surface area contributed by atoms with Crippen molar-refractivity contribution < 1.29 is 0 Å². The summed E-state index contributed by atoms with van der Waals surface area (Å²) in [6.45, 7) is 12.2. The Balaban J connectivity index is 2.16. The number of nitrogens with one attached hydrogen (secondary N) is 1. The molecule has 0 aliphatic heterocycles. The average molecular weight is 399 g/mol. The van der Waals surface area contributed by atoms with E-state index in [4.69, 9.17) is 17.6 Å². The fourth-order valence-electron chi connectivity index (χ4n) is 3.15. The van der Waals surface area contributed by atoms with E-state index >= 15 is 0 Å². The van der Waals surface area contributed by atoms with Crippen molar-refractivity contribution >= 4 is 27.9 Å². The van der Waals surface area contributed by atoms with Crippen molar-refractivity contribution in [3.63, 3.8) is 0 Å². The number of nitrogen functional groups attached to an aromatic ring is 1.